The van der Waals surface area contributed by atoms with E-state index in [1.54, 1.807) is 38.2 Å². The lowest BCUT2D eigenvalue weighted by Crippen LogP contribution is -2.27. The van der Waals surface area contributed by atoms with E-state index in [0.717, 1.165) is 12.8 Å². The first-order valence-corrected chi connectivity index (χ1v) is 10.4. The molecular formula is C19H21BrFN3O2S. The summed E-state index contributed by atoms with van der Waals surface area (Å²) in [5.74, 6) is -0.107. The summed E-state index contributed by atoms with van der Waals surface area (Å²) in [6.07, 6.45) is 4.14. The SMILES string of the molecule is C=CCC1(S(=O)Nc2cc(C)c(=O)n(C)c2Nc2ccc(Br)cc2F)CC1. The second-order valence-electron chi connectivity index (χ2n) is 6.75. The summed E-state index contributed by atoms with van der Waals surface area (Å²) in [4.78, 5) is 12.4. The van der Waals surface area contributed by atoms with Gasteiger partial charge < -0.3 is 10.0 Å². The summed E-state index contributed by atoms with van der Waals surface area (Å²) in [5.41, 5.74) is 1.01. The Kier molecular flexibility index (Phi) is 5.58. The van der Waals surface area contributed by atoms with Crippen LogP contribution < -0.4 is 15.6 Å². The standard InChI is InChI=1S/C19H21BrFN3O2S/c1-4-7-19(8-9-19)27(26)23-16-10-12(2)18(25)24(3)17(16)22-15-6-5-13(20)11-14(15)21/h4-6,10-11,22-23H,1,7-9H2,2-3H3. The third-order valence-electron chi connectivity index (χ3n) is 4.70. The van der Waals surface area contributed by atoms with E-state index < -0.39 is 16.8 Å². The molecule has 0 amide bonds. The normalized spacial score (nSPS) is 15.9. The van der Waals surface area contributed by atoms with Gasteiger partial charge in [-0.3, -0.25) is 9.36 Å². The monoisotopic (exact) mass is 453 g/mol. The van der Waals surface area contributed by atoms with Crippen LogP contribution in [0.4, 0.5) is 21.6 Å². The Hall–Kier alpha value is -1.93. The molecule has 1 aliphatic rings. The Morgan fingerprint density at radius 1 is 1.37 bits per heavy atom. The highest BCUT2D eigenvalue weighted by Crippen LogP contribution is 2.45. The first-order valence-electron chi connectivity index (χ1n) is 8.49. The van der Waals surface area contributed by atoms with E-state index in [4.69, 9.17) is 0 Å². The van der Waals surface area contributed by atoms with E-state index in [1.807, 2.05) is 0 Å². The van der Waals surface area contributed by atoms with Crippen LogP contribution in [0.1, 0.15) is 24.8 Å². The maximum Gasteiger partial charge on any atom is 0.254 e. The number of aromatic nitrogens is 1. The average Bonchev–Trinajstić information content (AvgIpc) is 3.39. The fourth-order valence-electron chi connectivity index (χ4n) is 2.92. The van der Waals surface area contributed by atoms with Crippen LogP contribution >= 0.6 is 15.9 Å². The minimum Gasteiger partial charge on any atom is -0.337 e. The summed E-state index contributed by atoms with van der Waals surface area (Å²) in [5, 5.41) is 2.96. The molecule has 2 aromatic rings. The molecular weight excluding hydrogens is 433 g/mol. The number of nitrogens with zero attached hydrogens (tertiary/aromatic N) is 1. The maximum atomic E-state index is 14.3. The van der Waals surface area contributed by atoms with E-state index in [9.17, 15) is 13.4 Å². The molecule has 3 rings (SSSR count). The molecule has 1 aliphatic carbocycles. The summed E-state index contributed by atoms with van der Waals surface area (Å²) < 4.78 is 31.9. The molecule has 2 N–H and O–H groups in total. The van der Waals surface area contributed by atoms with Gasteiger partial charge in [0.2, 0.25) is 0 Å². The van der Waals surface area contributed by atoms with Gasteiger partial charge in [-0.05, 0) is 50.5 Å². The number of aryl methyl sites for hydroxylation is 1. The highest BCUT2D eigenvalue weighted by atomic mass is 79.9. The van der Waals surface area contributed by atoms with Crippen molar-refractivity contribution in [2.75, 3.05) is 10.0 Å². The molecule has 1 heterocycles. The maximum absolute atomic E-state index is 14.3. The predicted octanol–water partition coefficient (Wildman–Crippen LogP) is 4.52. The third kappa shape index (κ3) is 4.01. The minimum atomic E-state index is -1.35. The zero-order valence-electron chi connectivity index (χ0n) is 15.1. The number of hydrogen-bond donors (Lipinski definition) is 2. The summed E-state index contributed by atoms with van der Waals surface area (Å²) >= 11 is 3.22. The van der Waals surface area contributed by atoms with Gasteiger partial charge in [-0.2, -0.15) is 0 Å². The van der Waals surface area contributed by atoms with Crippen molar-refractivity contribution in [2.24, 2.45) is 7.05 Å². The summed E-state index contributed by atoms with van der Waals surface area (Å²) in [6.45, 7) is 5.43. The Balaban J connectivity index is 1.99. The number of rotatable bonds is 7. The van der Waals surface area contributed by atoms with Crippen molar-refractivity contribution in [1.82, 2.24) is 4.57 Å². The van der Waals surface area contributed by atoms with Crippen molar-refractivity contribution in [3.8, 4) is 0 Å². The number of pyridine rings is 1. The van der Waals surface area contributed by atoms with Gasteiger partial charge in [-0.15, -0.1) is 6.58 Å². The Bertz CT molecular complexity index is 986. The minimum absolute atomic E-state index is 0.210. The molecule has 27 heavy (non-hydrogen) atoms. The fourth-order valence-corrected chi connectivity index (χ4v) is 4.56. The Labute approximate surface area is 168 Å². The lowest BCUT2D eigenvalue weighted by molar-refractivity contribution is 0.630. The third-order valence-corrected chi connectivity index (χ3v) is 6.96. The van der Waals surface area contributed by atoms with Crippen LogP contribution in [0, 0.1) is 12.7 Å². The van der Waals surface area contributed by atoms with Crippen molar-refractivity contribution in [3.05, 3.63) is 63.1 Å². The van der Waals surface area contributed by atoms with Gasteiger partial charge >= 0.3 is 0 Å². The smallest absolute Gasteiger partial charge is 0.254 e. The van der Waals surface area contributed by atoms with Crippen molar-refractivity contribution in [1.29, 1.82) is 0 Å². The van der Waals surface area contributed by atoms with Crippen LogP contribution in [0.3, 0.4) is 0 Å². The molecule has 1 aromatic carbocycles. The lowest BCUT2D eigenvalue weighted by Gasteiger charge is -2.20. The van der Waals surface area contributed by atoms with Crippen LogP contribution in [-0.4, -0.2) is 13.5 Å². The molecule has 1 fully saturated rings. The van der Waals surface area contributed by atoms with Gasteiger partial charge in [0.25, 0.3) is 5.56 Å². The van der Waals surface area contributed by atoms with E-state index in [0.29, 0.717) is 28.0 Å². The topological polar surface area (TPSA) is 63.1 Å². The van der Waals surface area contributed by atoms with E-state index >= 15 is 0 Å². The summed E-state index contributed by atoms with van der Waals surface area (Å²) in [7, 11) is 0.248. The van der Waals surface area contributed by atoms with Crippen LogP contribution in [-0.2, 0) is 18.0 Å². The van der Waals surface area contributed by atoms with Crippen molar-refractivity contribution in [2.45, 2.75) is 30.9 Å². The molecule has 5 nitrogen and oxygen atoms in total. The van der Waals surface area contributed by atoms with Gasteiger partial charge in [0, 0.05) is 17.1 Å². The predicted molar refractivity (Wildman–Crippen MR) is 112 cm³/mol. The number of halogens is 2. The lowest BCUT2D eigenvalue weighted by atomic mass is 10.2. The van der Waals surface area contributed by atoms with Gasteiger partial charge in [-0.25, -0.2) is 8.60 Å². The zero-order chi connectivity index (χ0) is 19.8. The van der Waals surface area contributed by atoms with E-state index in [-0.39, 0.29) is 16.0 Å². The molecule has 1 atom stereocenters. The van der Waals surface area contributed by atoms with Crippen molar-refractivity contribution < 1.29 is 8.60 Å². The van der Waals surface area contributed by atoms with E-state index in [2.05, 4.69) is 32.5 Å². The molecule has 0 bridgehead atoms. The largest absolute Gasteiger partial charge is 0.337 e. The first-order chi connectivity index (χ1) is 12.8. The van der Waals surface area contributed by atoms with E-state index in [1.165, 1.54) is 10.6 Å². The molecule has 0 radical (unpaired) electrons. The van der Waals surface area contributed by atoms with Gasteiger partial charge in [0.05, 0.1) is 16.1 Å². The number of allylic oxidation sites excluding steroid dienone is 1. The molecule has 8 heteroatoms. The van der Waals surface area contributed by atoms with Crippen molar-refractivity contribution >= 4 is 44.1 Å². The fraction of sp³-hybridized carbons (Fsp3) is 0.316. The van der Waals surface area contributed by atoms with Crippen LogP contribution in [0.25, 0.3) is 0 Å². The molecule has 1 aromatic heterocycles. The number of benzene rings is 1. The van der Waals surface area contributed by atoms with Gasteiger partial charge in [-0.1, -0.05) is 22.0 Å². The Morgan fingerprint density at radius 2 is 2.07 bits per heavy atom. The highest BCUT2D eigenvalue weighted by Gasteiger charge is 2.48. The second-order valence-corrected chi connectivity index (χ2v) is 9.27. The van der Waals surface area contributed by atoms with Gasteiger partial charge in [0.1, 0.15) is 22.6 Å². The molecule has 1 unspecified atom stereocenters. The molecule has 0 spiro atoms. The number of nitrogens with one attached hydrogen (secondary N) is 2. The van der Waals surface area contributed by atoms with Crippen molar-refractivity contribution in [3.63, 3.8) is 0 Å². The first kappa shape index (κ1) is 19.8. The van der Waals surface area contributed by atoms with Crippen LogP contribution in [0.5, 0.6) is 0 Å². The zero-order valence-corrected chi connectivity index (χ0v) is 17.5. The Morgan fingerprint density at radius 3 is 2.67 bits per heavy atom. The van der Waals surface area contributed by atoms with Gasteiger partial charge in [0.15, 0.2) is 0 Å². The highest BCUT2D eigenvalue weighted by molar-refractivity contribution is 9.10. The quantitative estimate of drug-likeness (QED) is 0.605. The molecule has 0 aliphatic heterocycles. The number of anilines is 3. The second kappa shape index (κ2) is 7.59. The van der Waals surface area contributed by atoms with Crippen LogP contribution in [0.15, 0.2) is 46.2 Å². The van der Waals surface area contributed by atoms with Crippen LogP contribution in [0.2, 0.25) is 0 Å². The molecule has 0 saturated heterocycles. The number of hydrogen-bond acceptors (Lipinski definition) is 3. The molecule has 144 valence electrons. The summed E-state index contributed by atoms with van der Waals surface area (Å²) in [6, 6.07) is 6.25. The average molecular weight is 454 g/mol. The molecule has 1 saturated carbocycles.